The fourth-order valence-corrected chi connectivity index (χ4v) is 3.28. The number of aryl methyl sites for hydroxylation is 3. The lowest BCUT2D eigenvalue weighted by atomic mass is 9.88. The monoisotopic (exact) mass is 382 g/mol. The Balaban J connectivity index is 2.47. The molecule has 0 amide bonds. The summed E-state index contributed by atoms with van der Waals surface area (Å²) in [5.74, 6) is 0.345. The van der Waals surface area contributed by atoms with Crippen molar-refractivity contribution < 1.29 is 19.4 Å². The van der Waals surface area contributed by atoms with Gasteiger partial charge in [-0.05, 0) is 67.1 Å². The van der Waals surface area contributed by atoms with Crippen LogP contribution in [0.15, 0.2) is 42.5 Å². The fourth-order valence-electron chi connectivity index (χ4n) is 3.28. The van der Waals surface area contributed by atoms with E-state index in [0.29, 0.717) is 12.0 Å². The smallest absolute Gasteiger partial charge is 0.333 e. The van der Waals surface area contributed by atoms with Crippen LogP contribution in [-0.4, -0.2) is 30.9 Å². The number of benzene rings is 2. The molecule has 0 atom stereocenters. The number of aliphatic hydroxyl groups is 1. The van der Waals surface area contributed by atoms with Crippen LogP contribution in [0.5, 0.6) is 5.75 Å². The van der Waals surface area contributed by atoms with Crippen LogP contribution in [-0.2, 0) is 22.4 Å². The molecule has 2 aromatic rings. The van der Waals surface area contributed by atoms with Crippen LogP contribution in [0.1, 0.15) is 36.1 Å². The number of ether oxygens (including phenoxy) is 2. The molecule has 0 aliphatic carbocycles. The first-order chi connectivity index (χ1) is 13.4. The van der Waals surface area contributed by atoms with Gasteiger partial charge < -0.3 is 14.6 Å². The molecular formula is C24H30O4. The van der Waals surface area contributed by atoms with E-state index in [-0.39, 0.29) is 25.8 Å². The Hall–Kier alpha value is -2.59. The Labute approximate surface area is 167 Å². The summed E-state index contributed by atoms with van der Waals surface area (Å²) in [6.07, 6.45) is 1.42. The van der Waals surface area contributed by atoms with E-state index in [1.54, 1.807) is 6.92 Å². The zero-order valence-electron chi connectivity index (χ0n) is 17.3. The molecule has 0 heterocycles. The highest BCUT2D eigenvalue weighted by atomic mass is 16.5. The number of esters is 1. The molecule has 4 heteroatoms. The summed E-state index contributed by atoms with van der Waals surface area (Å²) in [5.41, 5.74) is 7.40. The van der Waals surface area contributed by atoms with E-state index in [1.807, 2.05) is 12.1 Å². The fraction of sp³-hybridized carbons (Fsp3) is 0.375. The molecule has 2 aromatic carbocycles. The van der Waals surface area contributed by atoms with Crippen LogP contribution in [0.3, 0.4) is 0 Å². The minimum absolute atomic E-state index is 0.0359. The molecular weight excluding hydrogens is 352 g/mol. The highest BCUT2D eigenvalue weighted by Gasteiger charge is 2.15. The minimum atomic E-state index is -0.378. The molecule has 0 fully saturated rings. The molecule has 150 valence electrons. The lowest BCUT2D eigenvalue weighted by molar-refractivity contribution is -0.138. The summed E-state index contributed by atoms with van der Waals surface area (Å²) >= 11 is 0. The quantitative estimate of drug-likeness (QED) is 0.510. The van der Waals surface area contributed by atoms with E-state index >= 15 is 0 Å². The van der Waals surface area contributed by atoms with Crippen molar-refractivity contribution in [1.82, 2.24) is 0 Å². The standard InChI is InChI=1S/C24H30O4/c1-6-19-14-21(27-12-10-25)15-20(9-11-28-24(26)16(2)3)23(19)22-8-7-17(4)13-18(22)5/h7-8,13-15,25H,2,6,9-12H2,1,3-5H3. The van der Waals surface area contributed by atoms with Gasteiger partial charge in [0.1, 0.15) is 12.4 Å². The van der Waals surface area contributed by atoms with Gasteiger partial charge in [0.05, 0.1) is 13.2 Å². The third-order valence-electron chi connectivity index (χ3n) is 4.62. The van der Waals surface area contributed by atoms with Crippen molar-refractivity contribution in [3.63, 3.8) is 0 Å². The predicted molar refractivity (Wildman–Crippen MR) is 113 cm³/mol. The lowest BCUT2D eigenvalue weighted by Gasteiger charge is -2.19. The second-order valence-corrected chi connectivity index (χ2v) is 7.03. The van der Waals surface area contributed by atoms with Crippen LogP contribution >= 0.6 is 0 Å². The van der Waals surface area contributed by atoms with Gasteiger partial charge in [-0.3, -0.25) is 0 Å². The number of aliphatic hydroxyl groups excluding tert-OH is 1. The van der Waals surface area contributed by atoms with E-state index < -0.39 is 0 Å². The molecule has 28 heavy (non-hydrogen) atoms. The van der Waals surface area contributed by atoms with Gasteiger partial charge in [-0.25, -0.2) is 4.79 Å². The van der Waals surface area contributed by atoms with Crippen LogP contribution in [0.2, 0.25) is 0 Å². The Morgan fingerprint density at radius 1 is 1.11 bits per heavy atom. The van der Waals surface area contributed by atoms with Crippen molar-refractivity contribution in [3.05, 3.63) is 64.7 Å². The maximum atomic E-state index is 11.7. The summed E-state index contributed by atoms with van der Waals surface area (Å²) in [6.45, 7) is 12.1. The molecule has 4 nitrogen and oxygen atoms in total. The second kappa shape index (κ2) is 10.1. The summed E-state index contributed by atoms with van der Waals surface area (Å²) < 4.78 is 11.0. The van der Waals surface area contributed by atoms with Gasteiger partial charge in [-0.15, -0.1) is 0 Å². The molecule has 0 saturated carbocycles. The van der Waals surface area contributed by atoms with Gasteiger partial charge in [0, 0.05) is 12.0 Å². The second-order valence-electron chi connectivity index (χ2n) is 7.03. The number of carbonyl (C=O) groups is 1. The van der Waals surface area contributed by atoms with Gasteiger partial charge in [0.25, 0.3) is 0 Å². The van der Waals surface area contributed by atoms with Crippen LogP contribution in [0.4, 0.5) is 0 Å². The summed E-state index contributed by atoms with van der Waals surface area (Å²) in [4.78, 5) is 11.7. The molecule has 0 saturated heterocycles. The first-order valence-electron chi connectivity index (χ1n) is 9.67. The van der Waals surface area contributed by atoms with Gasteiger partial charge in [0.2, 0.25) is 0 Å². The van der Waals surface area contributed by atoms with Gasteiger partial charge in [-0.1, -0.05) is 37.3 Å². The number of rotatable bonds is 9. The highest BCUT2D eigenvalue weighted by Crippen LogP contribution is 2.35. The van der Waals surface area contributed by atoms with Gasteiger partial charge >= 0.3 is 5.97 Å². The Bertz CT molecular complexity index is 852. The zero-order chi connectivity index (χ0) is 20.7. The minimum Gasteiger partial charge on any atom is -0.491 e. The number of carbonyl (C=O) groups excluding carboxylic acids is 1. The van der Waals surface area contributed by atoms with E-state index in [1.165, 1.54) is 27.8 Å². The summed E-state index contributed by atoms with van der Waals surface area (Å²) in [7, 11) is 0. The molecule has 2 rings (SSSR count). The maximum Gasteiger partial charge on any atom is 0.333 e. The molecule has 0 aromatic heterocycles. The van der Waals surface area contributed by atoms with Crippen molar-refractivity contribution in [3.8, 4) is 16.9 Å². The first kappa shape index (κ1) is 21.7. The zero-order valence-corrected chi connectivity index (χ0v) is 17.3. The maximum absolute atomic E-state index is 11.7. The number of hydrogen-bond donors (Lipinski definition) is 1. The van der Waals surface area contributed by atoms with E-state index in [4.69, 9.17) is 14.6 Å². The first-order valence-corrected chi connectivity index (χ1v) is 9.67. The average Bonchev–Trinajstić information content (AvgIpc) is 2.66. The summed E-state index contributed by atoms with van der Waals surface area (Å²) in [6, 6.07) is 10.5. The van der Waals surface area contributed by atoms with E-state index in [9.17, 15) is 4.79 Å². The average molecular weight is 383 g/mol. The van der Waals surface area contributed by atoms with Crippen molar-refractivity contribution in [2.24, 2.45) is 0 Å². The van der Waals surface area contributed by atoms with Crippen molar-refractivity contribution in [2.45, 2.75) is 40.5 Å². The molecule has 0 radical (unpaired) electrons. The van der Waals surface area contributed by atoms with Gasteiger partial charge in [0.15, 0.2) is 0 Å². The lowest BCUT2D eigenvalue weighted by Crippen LogP contribution is -2.10. The predicted octanol–water partition coefficient (Wildman–Crippen LogP) is 4.57. The van der Waals surface area contributed by atoms with Crippen molar-refractivity contribution >= 4 is 5.97 Å². The topological polar surface area (TPSA) is 55.8 Å². The van der Waals surface area contributed by atoms with E-state index in [0.717, 1.165) is 17.7 Å². The normalized spacial score (nSPS) is 10.6. The summed E-state index contributed by atoms with van der Waals surface area (Å²) in [5, 5.41) is 9.08. The molecule has 0 spiro atoms. The third-order valence-corrected chi connectivity index (χ3v) is 4.62. The van der Waals surface area contributed by atoms with E-state index in [2.05, 4.69) is 45.5 Å². The molecule has 0 unspecified atom stereocenters. The Kier molecular flexibility index (Phi) is 7.82. The largest absolute Gasteiger partial charge is 0.491 e. The molecule has 0 bridgehead atoms. The van der Waals surface area contributed by atoms with Gasteiger partial charge in [-0.2, -0.15) is 0 Å². The molecule has 0 aliphatic heterocycles. The third kappa shape index (κ3) is 5.46. The van der Waals surface area contributed by atoms with Crippen molar-refractivity contribution in [1.29, 1.82) is 0 Å². The Morgan fingerprint density at radius 2 is 1.82 bits per heavy atom. The molecule has 0 aliphatic rings. The van der Waals surface area contributed by atoms with Crippen LogP contribution < -0.4 is 4.74 Å². The SMILES string of the molecule is C=C(C)C(=O)OCCc1cc(OCCO)cc(CC)c1-c1ccc(C)cc1C. The van der Waals surface area contributed by atoms with Crippen LogP contribution in [0, 0.1) is 13.8 Å². The van der Waals surface area contributed by atoms with Crippen molar-refractivity contribution in [2.75, 3.05) is 19.8 Å². The Morgan fingerprint density at radius 3 is 2.43 bits per heavy atom. The molecule has 1 N–H and O–H groups in total. The van der Waals surface area contributed by atoms with Crippen LogP contribution in [0.25, 0.3) is 11.1 Å². The highest BCUT2D eigenvalue weighted by molar-refractivity contribution is 5.87. The number of hydrogen-bond acceptors (Lipinski definition) is 4.